The molecule has 0 spiro atoms. The van der Waals surface area contributed by atoms with Gasteiger partial charge in [0.15, 0.2) is 0 Å². The van der Waals surface area contributed by atoms with Crippen LogP contribution in [0.3, 0.4) is 0 Å². The van der Waals surface area contributed by atoms with Gasteiger partial charge in [-0.15, -0.1) is 0 Å². The van der Waals surface area contributed by atoms with E-state index >= 15 is 0 Å². The summed E-state index contributed by atoms with van der Waals surface area (Å²) in [6, 6.07) is 13.9. The van der Waals surface area contributed by atoms with Crippen LogP contribution in [0.4, 0.5) is 11.4 Å². The molecule has 1 fully saturated rings. The fourth-order valence-corrected chi connectivity index (χ4v) is 3.77. The first-order valence-electron chi connectivity index (χ1n) is 10.6. The van der Waals surface area contributed by atoms with E-state index in [-0.39, 0.29) is 24.2 Å². The van der Waals surface area contributed by atoms with E-state index in [9.17, 15) is 24.5 Å². The Bertz CT molecular complexity index is 1200. The van der Waals surface area contributed by atoms with E-state index in [0.717, 1.165) is 4.90 Å². The molecule has 3 amide bonds. The number of nitrogens with zero attached hydrogens (tertiary/aromatic N) is 3. The molecular weight excluding hydrogens is 442 g/mol. The van der Waals surface area contributed by atoms with Crippen molar-refractivity contribution in [3.63, 3.8) is 0 Å². The number of amides is 3. The highest BCUT2D eigenvalue weighted by Crippen LogP contribution is 2.29. The monoisotopic (exact) mass is 463 g/mol. The molecule has 1 unspecified atom stereocenters. The molecule has 1 aliphatic heterocycles. The molecule has 0 bridgehead atoms. The van der Waals surface area contributed by atoms with E-state index in [4.69, 9.17) is 9.15 Å². The zero-order chi connectivity index (χ0) is 24.2. The number of carbonyl (C=O) groups is 3. The third-order valence-corrected chi connectivity index (χ3v) is 5.40. The van der Waals surface area contributed by atoms with Gasteiger partial charge < -0.3 is 14.1 Å². The van der Waals surface area contributed by atoms with E-state index in [1.807, 2.05) is 6.92 Å². The first kappa shape index (κ1) is 22.7. The summed E-state index contributed by atoms with van der Waals surface area (Å²) in [7, 11) is 0. The van der Waals surface area contributed by atoms with E-state index in [1.165, 1.54) is 35.4 Å². The lowest BCUT2D eigenvalue weighted by Crippen LogP contribution is -2.45. The number of anilines is 1. The quantitative estimate of drug-likeness (QED) is 0.284. The fraction of sp³-hybridized carbons (Fsp3) is 0.208. The van der Waals surface area contributed by atoms with Crippen LogP contribution in [0, 0.1) is 10.1 Å². The number of furan rings is 1. The molecule has 0 radical (unpaired) electrons. The number of hydrogen-bond acceptors (Lipinski definition) is 7. The Morgan fingerprint density at radius 2 is 1.85 bits per heavy atom. The highest BCUT2D eigenvalue weighted by molar-refractivity contribution is 6.23. The van der Waals surface area contributed by atoms with Gasteiger partial charge in [0.25, 0.3) is 17.5 Å². The van der Waals surface area contributed by atoms with Crippen molar-refractivity contribution in [3.8, 4) is 5.75 Å². The molecule has 0 aliphatic carbocycles. The fourth-order valence-electron chi connectivity index (χ4n) is 3.77. The molecule has 2 aromatic carbocycles. The third-order valence-electron chi connectivity index (χ3n) is 5.40. The van der Waals surface area contributed by atoms with Crippen LogP contribution in [-0.4, -0.2) is 40.2 Å². The van der Waals surface area contributed by atoms with Gasteiger partial charge in [0.1, 0.15) is 17.6 Å². The van der Waals surface area contributed by atoms with Crippen LogP contribution in [-0.2, 0) is 16.1 Å². The Hall–Kier alpha value is -4.47. The van der Waals surface area contributed by atoms with Gasteiger partial charge in [0.2, 0.25) is 5.91 Å². The lowest BCUT2D eigenvalue weighted by molar-refractivity contribution is -0.384. The smallest absolute Gasteiger partial charge is 0.269 e. The second-order valence-corrected chi connectivity index (χ2v) is 7.53. The number of imide groups is 1. The maximum Gasteiger partial charge on any atom is 0.269 e. The lowest BCUT2D eigenvalue weighted by atomic mass is 10.1. The van der Waals surface area contributed by atoms with Crippen molar-refractivity contribution < 1.29 is 28.5 Å². The van der Waals surface area contributed by atoms with E-state index in [1.54, 1.807) is 36.4 Å². The predicted molar refractivity (Wildman–Crippen MR) is 120 cm³/mol. The molecule has 34 heavy (non-hydrogen) atoms. The second kappa shape index (κ2) is 9.57. The standard InChI is InChI=1S/C24H21N3O7/c1-2-33-19-11-9-17(10-12-19)26-22(28)14-21(24(26)30)25(15-20-4-3-13-34-20)23(29)16-5-7-18(8-6-16)27(31)32/h3-13,21H,2,14-15H2,1H3. The Morgan fingerprint density at radius 1 is 1.15 bits per heavy atom. The summed E-state index contributed by atoms with van der Waals surface area (Å²) < 4.78 is 10.8. The van der Waals surface area contributed by atoms with Gasteiger partial charge >= 0.3 is 0 Å². The highest BCUT2D eigenvalue weighted by atomic mass is 16.6. The van der Waals surface area contributed by atoms with Crippen molar-refractivity contribution in [2.75, 3.05) is 11.5 Å². The van der Waals surface area contributed by atoms with Crippen LogP contribution >= 0.6 is 0 Å². The second-order valence-electron chi connectivity index (χ2n) is 7.53. The molecule has 0 saturated carbocycles. The molecule has 1 saturated heterocycles. The Morgan fingerprint density at radius 3 is 2.44 bits per heavy atom. The van der Waals surface area contributed by atoms with E-state index in [0.29, 0.717) is 23.8 Å². The summed E-state index contributed by atoms with van der Waals surface area (Å²) in [6.07, 6.45) is 1.24. The zero-order valence-electron chi connectivity index (χ0n) is 18.2. The van der Waals surface area contributed by atoms with Crippen LogP contribution in [0.5, 0.6) is 5.75 Å². The molecule has 0 N–H and O–H groups in total. The first-order chi connectivity index (χ1) is 16.4. The van der Waals surface area contributed by atoms with Crippen LogP contribution < -0.4 is 9.64 Å². The van der Waals surface area contributed by atoms with Gasteiger partial charge in [-0.3, -0.25) is 24.5 Å². The maximum atomic E-state index is 13.4. The average molecular weight is 463 g/mol. The lowest BCUT2D eigenvalue weighted by Gasteiger charge is -2.27. The van der Waals surface area contributed by atoms with Crippen LogP contribution in [0.15, 0.2) is 71.3 Å². The zero-order valence-corrected chi connectivity index (χ0v) is 18.2. The van der Waals surface area contributed by atoms with Crippen molar-refractivity contribution in [1.29, 1.82) is 0 Å². The van der Waals surface area contributed by atoms with Crippen molar-refractivity contribution in [2.24, 2.45) is 0 Å². The number of ether oxygens (including phenoxy) is 1. The molecule has 3 aromatic rings. The van der Waals surface area contributed by atoms with Crippen LogP contribution in [0.25, 0.3) is 0 Å². The Balaban J connectivity index is 1.63. The normalized spacial score (nSPS) is 15.4. The van der Waals surface area contributed by atoms with Gasteiger partial charge in [-0.25, -0.2) is 4.90 Å². The summed E-state index contributed by atoms with van der Waals surface area (Å²) in [6.45, 7) is 2.28. The summed E-state index contributed by atoms with van der Waals surface area (Å²) in [5.41, 5.74) is 0.363. The van der Waals surface area contributed by atoms with Gasteiger partial charge in [-0.05, 0) is 55.5 Å². The number of non-ortho nitro benzene ring substituents is 1. The molecule has 10 nitrogen and oxygen atoms in total. The summed E-state index contributed by atoms with van der Waals surface area (Å²) in [5, 5.41) is 10.9. The third kappa shape index (κ3) is 4.51. The minimum Gasteiger partial charge on any atom is -0.494 e. The van der Waals surface area contributed by atoms with Crippen LogP contribution in [0.2, 0.25) is 0 Å². The molecular formula is C24H21N3O7. The molecule has 174 valence electrons. The minimum atomic E-state index is -1.06. The summed E-state index contributed by atoms with van der Waals surface area (Å²) in [5.74, 6) is -0.508. The minimum absolute atomic E-state index is 0.0520. The highest BCUT2D eigenvalue weighted by Gasteiger charge is 2.44. The summed E-state index contributed by atoms with van der Waals surface area (Å²) in [4.78, 5) is 52.2. The molecule has 10 heteroatoms. The Labute approximate surface area is 194 Å². The number of benzene rings is 2. The van der Waals surface area contributed by atoms with Crippen molar-refractivity contribution in [3.05, 3.63) is 88.4 Å². The topological polar surface area (TPSA) is 123 Å². The maximum absolute atomic E-state index is 13.4. The molecule has 2 heterocycles. The summed E-state index contributed by atoms with van der Waals surface area (Å²) >= 11 is 0. The molecule has 1 aliphatic rings. The number of hydrogen-bond donors (Lipinski definition) is 0. The van der Waals surface area contributed by atoms with Crippen molar-refractivity contribution in [2.45, 2.75) is 25.9 Å². The number of nitro groups is 1. The molecule has 1 atom stereocenters. The number of rotatable bonds is 8. The average Bonchev–Trinajstić information content (AvgIpc) is 3.45. The number of nitro benzene ring substituents is 1. The molecule has 4 rings (SSSR count). The SMILES string of the molecule is CCOc1ccc(N2C(=O)CC(N(Cc3ccco3)C(=O)c3ccc([N+](=O)[O-])cc3)C2=O)cc1. The van der Waals surface area contributed by atoms with Crippen LogP contribution in [0.1, 0.15) is 29.5 Å². The van der Waals surface area contributed by atoms with E-state index < -0.39 is 28.7 Å². The Kier molecular flexibility index (Phi) is 6.39. The predicted octanol–water partition coefficient (Wildman–Crippen LogP) is 3.56. The van der Waals surface area contributed by atoms with E-state index in [2.05, 4.69) is 0 Å². The van der Waals surface area contributed by atoms with Gasteiger partial charge in [-0.1, -0.05) is 0 Å². The van der Waals surface area contributed by atoms with Gasteiger partial charge in [-0.2, -0.15) is 0 Å². The number of carbonyl (C=O) groups excluding carboxylic acids is 3. The molecule has 1 aromatic heterocycles. The largest absolute Gasteiger partial charge is 0.494 e. The van der Waals surface area contributed by atoms with Crippen molar-refractivity contribution in [1.82, 2.24) is 4.90 Å². The van der Waals surface area contributed by atoms with Crippen molar-refractivity contribution >= 4 is 29.1 Å². The first-order valence-corrected chi connectivity index (χ1v) is 10.6. The van der Waals surface area contributed by atoms with Gasteiger partial charge in [0, 0.05) is 17.7 Å². The van der Waals surface area contributed by atoms with Gasteiger partial charge in [0.05, 0.1) is 36.4 Å².